The minimum Gasteiger partial charge on any atom is -0.496 e. The number of hydrogen-bond donors (Lipinski definition) is 0. The average Bonchev–Trinajstić information content (AvgIpc) is 2.45. The molecular weight excluding hydrogens is 280 g/mol. The fourth-order valence-electron chi connectivity index (χ4n) is 5.90. The number of ether oxygens (including phenoxy) is 1. The van der Waals surface area contributed by atoms with Crippen molar-refractivity contribution in [1.29, 1.82) is 0 Å². The average molecular weight is 305 g/mol. The molecule has 2 heteroatoms. The maximum atomic E-state index is 7.05. The van der Waals surface area contributed by atoms with E-state index in [0.717, 1.165) is 23.5 Å². The Labute approximate surface area is 133 Å². The fourth-order valence-corrected chi connectivity index (χ4v) is 6.30. The van der Waals surface area contributed by atoms with Gasteiger partial charge in [-0.1, -0.05) is 12.1 Å². The monoisotopic (exact) mass is 304 g/mol. The lowest BCUT2D eigenvalue weighted by molar-refractivity contribution is -0.0552. The van der Waals surface area contributed by atoms with E-state index >= 15 is 0 Å². The summed E-state index contributed by atoms with van der Waals surface area (Å²) in [6, 6.07) is 6.51. The molecule has 1 aromatic rings. The van der Waals surface area contributed by atoms with Crippen LogP contribution in [0.5, 0.6) is 5.75 Å². The van der Waals surface area contributed by atoms with Crippen molar-refractivity contribution in [3.05, 3.63) is 29.3 Å². The van der Waals surface area contributed by atoms with Gasteiger partial charge in [-0.3, -0.25) is 0 Å². The van der Waals surface area contributed by atoms with E-state index in [1.165, 1.54) is 49.7 Å². The van der Waals surface area contributed by atoms with Crippen molar-refractivity contribution in [1.82, 2.24) is 0 Å². The first kappa shape index (κ1) is 13.9. The van der Waals surface area contributed by atoms with Gasteiger partial charge in [0.2, 0.25) is 0 Å². The van der Waals surface area contributed by atoms with Crippen molar-refractivity contribution in [3.63, 3.8) is 0 Å². The van der Waals surface area contributed by atoms with Gasteiger partial charge in [-0.15, -0.1) is 11.6 Å². The normalized spacial score (nSPS) is 38.5. The van der Waals surface area contributed by atoms with E-state index in [1.54, 1.807) is 7.11 Å². The Morgan fingerprint density at radius 2 is 1.67 bits per heavy atom. The number of halogens is 1. The standard InChI is InChI=1S/C19H25ClO/c1-12-5-16(3-4-17(12)21-2)18(20)19-9-13-6-14(10-19)8-15(7-13)11-19/h3-5,13-15,18H,6-11H2,1-2H3. The number of benzene rings is 1. The molecule has 21 heavy (non-hydrogen) atoms. The maximum absolute atomic E-state index is 7.05. The summed E-state index contributed by atoms with van der Waals surface area (Å²) in [6.07, 6.45) is 8.51. The van der Waals surface area contributed by atoms with Crippen LogP contribution >= 0.6 is 11.6 Å². The summed E-state index contributed by atoms with van der Waals surface area (Å²) in [6.45, 7) is 2.12. The van der Waals surface area contributed by atoms with Crippen LogP contribution in [0.15, 0.2) is 18.2 Å². The molecule has 1 nitrogen and oxygen atoms in total. The Balaban J connectivity index is 1.65. The van der Waals surface area contributed by atoms with E-state index in [9.17, 15) is 0 Å². The molecule has 0 N–H and O–H groups in total. The first-order valence-electron chi connectivity index (χ1n) is 8.38. The molecule has 5 rings (SSSR count). The van der Waals surface area contributed by atoms with Gasteiger partial charge in [0.15, 0.2) is 0 Å². The largest absolute Gasteiger partial charge is 0.496 e. The topological polar surface area (TPSA) is 9.23 Å². The van der Waals surface area contributed by atoms with Crippen LogP contribution in [0.4, 0.5) is 0 Å². The van der Waals surface area contributed by atoms with E-state index in [-0.39, 0.29) is 5.38 Å². The summed E-state index contributed by atoms with van der Waals surface area (Å²) in [5.74, 6) is 3.83. The van der Waals surface area contributed by atoms with Gasteiger partial charge >= 0.3 is 0 Å². The van der Waals surface area contributed by atoms with E-state index in [4.69, 9.17) is 16.3 Å². The van der Waals surface area contributed by atoms with Gasteiger partial charge in [0.25, 0.3) is 0 Å². The Morgan fingerprint density at radius 1 is 1.10 bits per heavy atom. The summed E-state index contributed by atoms with van der Waals surface area (Å²) < 4.78 is 5.39. The number of alkyl halides is 1. The van der Waals surface area contributed by atoms with Gasteiger partial charge in [-0.05, 0) is 85.8 Å². The number of hydrogen-bond acceptors (Lipinski definition) is 1. The lowest BCUT2D eigenvalue weighted by atomic mass is 9.48. The second-order valence-corrected chi connectivity index (χ2v) is 8.31. The highest BCUT2D eigenvalue weighted by Crippen LogP contribution is 2.65. The van der Waals surface area contributed by atoms with Crippen molar-refractivity contribution in [2.24, 2.45) is 23.2 Å². The van der Waals surface area contributed by atoms with Crippen LogP contribution in [0.2, 0.25) is 0 Å². The van der Waals surface area contributed by atoms with Gasteiger partial charge in [-0.2, -0.15) is 0 Å². The molecule has 0 spiro atoms. The Kier molecular flexibility index (Phi) is 3.26. The molecule has 1 atom stereocenters. The van der Waals surface area contributed by atoms with Crippen LogP contribution in [0, 0.1) is 30.1 Å². The molecule has 4 aliphatic rings. The van der Waals surface area contributed by atoms with Gasteiger partial charge < -0.3 is 4.74 Å². The van der Waals surface area contributed by atoms with Gasteiger partial charge in [0.05, 0.1) is 12.5 Å². The lowest BCUT2D eigenvalue weighted by Crippen LogP contribution is -2.47. The molecule has 4 saturated carbocycles. The van der Waals surface area contributed by atoms with Crippen LogP contribution < -0.4 is 4.74 Å². The molecule has 1 unspecified atom stereocenters. The molecule has 0 heterocycles. The third-order valence-electron chi connectivity index (χ3n) is 6.33. The Bertz CT molecular complexity index is 515. The number of methoxy groups -OCH3 is 1. The second-order valence-electron chi connectivity index (χ2n) is 7.87. The number of aryl methyl sites for hydroxylation is 1. The quantitative estimate of drug-likeness (QED) is 0.670. The van der Waals surface area contributed by atoms with Crippen LogP contribution in [0.3, 0.4) is 0 Å². The molecule has 0 aliphatic heterocycles. The predicted molar refractivity (Wildman–Crippen MR) is 86.9 cm³/mol. The predicted octanol–water partition coefficient (Wildman–Crippen LogP) is 5.50. The van der Waals surface area contributed by atoms with E-state index < -0.39 is 0 Å². The van der Waals surface area contributed by atoms with Gasteiger partial charge in [0.1, 0.15) is 5.75 Å². The minimum absolute atomic E-state index is 0.176. The van der Waals surface area contributed by atoms with Gasteiger partial charge in [-0.25, -0.2) is 0 Å². The Hall–Kier alpha value is -0.690. The SMILES string of the molecule is COc1ccc(C(Cl)C23CC4CC(CC(C4)C2)C3)cc1C. The molecule has 0 aromatic heterocycles. The van der Waals surface area contributed by atoms with Crippen LogP contribution in [0.25, 0.3) is 0 Å². The first-order valence-corrected chi connectivity index (χ1v) is 8.82. The summed E-state index contributed by atoms with van der Waals surface area (Å²) in [7, 11) is 1.74. The molecular formula is C19H25ClO. The molecule has 4 bridgehead atoms. The molecule has 0 radical (unpaired) electrons. The van der Waals surface area contributed by atoms with Crippen molar-refractivity contribution < 1.29 is 4.74 Å². The zero-order valence-corrected chi connectivity index (χ0v) is 13.8. The van der Waals surface area contributed by atoms with Crippen molar-refractivity contribution in [2.45, 2.75) is 50.8 Å². The molecule has 4 aliphatic carbocycles. The summed E-state index contributed by atoms with van der Waals surface area (Å²) >= 11 is 7.05. The summed E-state index contributed by atoms with van der Waals surface area (Å²) in [5.41, 5.74) is 2.87. The van der Waals surface area contributed by atoms with Crippen LogP contribution in [0.1, 0.15) is 55.0 Å². The van der Waals surface area contributed by atoms with E-state index in [1.807, 2.05) is 0 Å². The first-order chi connectivity index (χ1) is 10.1. The lowest BCUT2D eigenvalue weighted by Gasteiger charge is -2.58. The van der Waals surface area contributed by atoms with Crippen molar-refractivity contribution >= 4 is 11.6 Å². The molecule has 1 aromatic carbocycles. The van der Waals surface area contributed by atoms with Crippen molar-refractivity contribution in [3.8, 4) is 5.75 Å². The smallest absolute Gasteiger partial charge is 0.121 e. The minimum atomic E-state index is 0.176. The summed E-state index contributed by atoms with van der Waals surface area (Å²) in [5, 5.41) is 0.176. The molecule has 0 saturated heterocycles. The zero-order valence-electron chi connectivity index (χ0n) is 13.1. The highest BCUT2D eigenvalue weighted by Gasteiger charge is 2.54. The van der Waals surface area contributed by atoms with Crippen LogP contribution in [-0.4, -0.2) is 7.11 Å². The number of rotatable bonds is 3. The molecule has 4 fully saturated rings. The summed E-state index contributed by atoms with van der Waals surface area (Å²) in [4.78, 5) is 0. The third-order valence-corrected chi connectivity index (χ3v) is 7.05. The fraction of sp³-hybridized carbons (Fsp3) is 0.684. The Morgan fingerprint density at radius 3 is 2.14 bits per heavy atom. The third kappa shape index (κ3) is 2.20. The maximum Gasteiger partial charge on any atom is 0.121 e. The molecule has 114 valence electrons. The molecule has 0 amide bonds. The zero-order chi connectivity index (χ0) is 14.6. The van der Waals surface area contributed by atoms with E-state index in [0.29, 0.717) is 5.41 Å². The second kappa shape index (κ2) is 4.91. The van der Waals surface area contributed by atoms with Gasteiger partial charge in [0, 0.05) is 0 Å². The highest BCUT2D eigenvalue weighted by atomic mass is 35.5. The van der Waals surface area contributed by atoms with Crippen molar-refractivity contribution in [2.75, 3.05) is 7.11 Å². The van der Waals surface area contributed by atoms with Crippen LogP contribution in [-0.2, 0) is 0 Å². The highest BCUT2D eigenvalue weighted by molar-refractivity contribution is 6.21. The van der Waals surface area contributed by atoms with E-state index in [2.05, 4.69) is 25.1 Å².